The van der Waals surface area contributed by atoms with Gasteiger partial charge in [-0.15, -0.1) is 0 Å². The van der Waals surface area contributed by atoms with Gasteiger partial charge in [0.1, 0.15) is 0 Å². The van der Waals surface area contributed by atoms with E-state index in [9.17, 15) is 0 Å². The van der Waals surface area contributed by atoms with Crippen molar-refractivity contribution >= 4 is 5.95 Å². The zero-order valence-corrected chi connectivity index (χ0v) is 9.35. The van der Waals surface area contributed by atoms with Gasteiger partial charge in [-0.2, -0.15) is 0 Å². The van der Waals surface area contributed by atoms with Crippen LogP contribution in [0.2, 0.25) is 0 Å². The Morgan fingerprint density at radius 3 is 2.94 bits per heavy atom. The molecule has 1 N–H and O–H groups in total. The summed E-state index contributed by atoms with van der Waals surface area (Å²) in [5.74, 6) is 0.998. The molecule has 0 saturated carbocycles. The van der Waals surface area contributed by atoms with Crippen LogP contribution < -0.4 is 5.32 Å². The Balaban J connectivity index is 1.88. The normalized spacial score (nSPS) is 18.9. The van der Waals surface area contributed by atoms with Gasteiger partial charge in [-0.05, 0) is 18.9 Å². The van der Waals surface area contributed by atoms with Crippen molar-refractivity contribution in [3.8, 4) is 0 Å². The predicted molar refractivity (Wildman–Crippen MR) is 64.4 cm³/mol. The second-order valence-corrected chi connectivity index (χ2v) is 4.30. The van der Waals surface area contributed by atoms with Gasteiger partial charge in [-0.1, -0.05) is 30.3 Å². The number of fused-ring (bicyclic) bond motifs is 1. The second-order valence-electron chi connectivity index (χ2n) is 4.30. The standard InChI is InChI=1S/C13H15N3/c1-10-9-16-8-7-12(15-13(16)14-10)11-5-3-2-4-6-11/h2-6,9,12H,7-8H2,1H3,(H,14,15). The zero-order valence-electron chi connectivity index (χ0n) is 9.35. The summed E-state index contributed by atoms with van der Waals surface area (Å²) in [6.45, 7) is 3.08. The third-order valence-corrected chi connectivity index (χ3v) is 3.06. The molecule has 0 radical (unpaired) electrons. The average Bonchev–Trinajstić information content (AvgIpc) is 2.69. The smallest absolute Gasteiger partial charge is 0.203 e. The molecular formula is C13H15N3. The number of nitrogens with zero attached hydrogens (tertiary/aromatic N) is 2. The van der Waals surface area contributed by atoms with Gasteiger partial charge in [-0.3, -0.25) is 0 Å². The highest BCUT2D eigenvalue weighted by Crippen LogP contribution is 2.27. The molecule has 3 rings (SSSR count). The van der Waals surface area contributed by atoms with Gasteiger partial charge in [0.25, 0.3) is 0 Å². The molecule has 0 amide bonds. The maximum absolute atomic E-state index is 4.48. The number of nitrogens with one attached hydrogen (secondary N) is 1. The predicted octanol–water partition coefficient (Wildman–Crippen LogP) is 2.75. The molecule has 2 aromatic rings. The van der Waals surface area contributed by atoms with Gasteiger partial charge in [0, 0.05) is 12.7 Å². The minimum atomic E-state index is 0.399. The minimum Gasteiger partial charge on any atom is -0.349 e. The monoisotopic (exact) mass is 213 g/mol. The van der Waals surface area contributed by atoms with Crippen molar-refractivity contribution in [2.45, 2.75) is 25.9 Å². The molecule has 1 aromatic heterocycles. The SMILES string of the molecule is Cc1cn2c(n1)NC(c1ccccc1)CC2. The van der Waals surface area contributed by atoms with E-state index in [4.69, 9.17) is 0 Å². The molecule has 1 unspecified atom stereocenters. The molecular weight excluding hydrogens is 198 g/mol. The van der Waals surface area contributed by atoms with E-state index in [1.165, 1.54) is 5.56 Å². The summed E-state index contributed by atoms with van der Waals surface area (Å²) in [7, 11) is 0. The van der Waals surface area contributed by atoms with E-state index in [0.717, 1.165) is 24.6 Å². The van der Waals surface area contributed by atoms with Crippen LogP contribution in [0.1, 0.15) is 23.7 Å². The summed E-state index contributed by atoms with van der Waals surface area (Å²) in [6.07, 6.45) is 3.22. The van der Waals surface area contributed by atoms with Crippen molar-refractivity contribution in [3.63, 3.8) is 0 Å². The molecule has 16 heavy (non-hydrogen) atoms. The third-order valence-electron chi connectivity index (χ3n) is 3.06. The topological polar surface area (TPSA) is 29.9 Å². The van der Waals surface area contributed by atoms with Gasteiger partial charge >= 0.3 is 0 Å². The fourth-order valence-electron chi connectivity index (χ4n) is 2.26. The quantitative estimate of drug-likeness (QED) is 0.789. The van der Waals surface area contributed by atoms with Gasteiger partial charge in [0.15, 0.2) is 0 Å². The van der Waals surface area contributed by atoms with E-state index in [2.05, 4.69) is 51.4 Å². The van der Waals surface area contributed by atoms with E-state index in [-0.39, 0.29) is 0 Å². The molecule has 0 saturated heterocycles. The van der Waals surface area contributed by atoms with Crippen LogP contribution >= 0.6 is 0 Å². The van der Waals surface area contributed by atoms with Crippen molar-refractivity contribution < 1.29 is 0 Å². The Hall–Kier alpha value is -1.77. The maximum atomic E-state index is 4.48. The van der Waals surface area contributed by atoms with Crippen LogP contribution in [-0.2, 0) is 6.54 Å². The number of benzene rings is 1. The van der Waals surface area contributed by atoms with E-state index in [1.54, 1.807) is 0 Å². The second kappa shape index (κ2) is 3.67. The summed E-state index contributed by atoms with van der Waals surface area (Å²) in [5, 5.41) is 3.49. The van der Waals surface area contributed by atoms with E-state index >= 15 is 0 Å². The first-order chi connectivity index (χ1) is 7.83. The fourth-order valence-corrected chi connectivity index (χ4v) is 2.26. The molecule has 3 nitrogen and oxygen atoms in total. The number of hydrogen-bond donors (Lipinski definition) is 1. The Labute approximate surface area is 95.1 Å². The molecule has 82 valence electrons. The highest BCUT2D eigenvalue weighted by atomic mass is 15.2. The Bertz CT molecular complexity index is 487. The van der Waals surface area contributed by atoms with Crippen LogP contribution in [0, 0.1) is 6.92 Å². The molecule has 0 bridgehead atoms. The highest BCUT2D eigenvalue weighted by Gasteiger charge is 2.19. The van der Waals surface area contributed by atoms with Crippen molar-refractivity contribution in [1.82, 2.24) is 9.55 Å². The lowest BCUT2D eigenvalue weighted by molar-refractivity contribution is 0.542. The van der Waals surface area contributed by atoms with Gasteiger partial charge < -0.3 is 9.88 Å². The molecule has 2 heterocycles. The van der Waals surface area contributed by atoms with Crippen LogP contribution in [0.3, 0.4) is 0 Å². The summed E-state index contributed by atoms with van der Waals surface area (Å²) in [4.78, 5) is 4.48. The summed E-state index contributed by atoms with van der Waals surface area (Å²) >= 11 is 0. The largest absolute Gasteiger partial charge is 0.349 e. The molecule has 3 heteroatoms. The lowest BCUT2D eigenvalue weighted by atomic mass is 10.0. The zero-order chi connectivity index (χ0) is 11.0. The number of rotatable bonds is 1. The molecule has 1 atom stereocenters. The van der Waals surface area contributed by atoms with E-state index < -0.39 is 0 Å². The molecule has 0 spiro atoms. The van der Waals surface area contributed by atoms with Crippen LogP contribution in [0.25, 0.3) is 0 Å². The Morgan fingerprint density at radius 2 is 2.12 bits per heavy atom. The number of aryl methyl sites for hydroxylation is 2. The van der Waals surface area contributed by atoms with Gasteiger partial charge in [-0.25, -0.2) is 4.98 Å². The summed E-state index contributed by atoms with van der Waals surface area (Å²) in [6, 6.07) is 11.0. The van der Waals surface area contributed by atoms with Crippen LogP contribution in [0.15, 0.2) is 36.5 Å². The average molecular weight is 213 g/mol. The Morgan fingerprint density at radius 1 is 1.31 bits per heavy atom. The number of aromatic nitrogens is 2. The van der Waals surface area contributed by atoms with Crippen LogP contribution in [0.4, 0.5) is 5.95 Å². The molecule has 1 aromatic carbocycles. The first-order valence-corrected chi connectivity index (χ1v) is 5.68. The van der Waals surface area contributed by atoms with Gasteiger partial charge in [0.05, 0.1) is 11.7 Å². The minimum absolute atomic E-state index is 0.399. The van der Waals surface area contributed by atoms with E-state index in [0.29, 0.717) is 6.04 Å². The Kier molecular flexibility index (Phi) is 2.17. The maximum Gasteiger partial charge on any atom is 0.203 e. The van der Waals surface area contributed by atoms with Gasteiger partial charge in [0.2, 0.25) is 5.95 Å². The summed E-state index contributed by atoms with van der Waals surface area (Å²) in [5.41, 5.74) is 2.42. The lowest BCUT2D eigenvalue weighted by Crippen LogP contribution is -2.21. The fraction of sp³-hybridized carbons (Fsp3) is 0.308. The third kappa shape index (κ3) is 1.58. The van der Waals surface area contributed by atoms with Crippen molar-refractivity contribution in [1.29, 1.82) is 0 Å². The lowest BCUT2D eigenvalue weighted by Gasteiger charge is -2.25. The van der Waals surface area contributed by atoms with Crippen molar-refractivity contribution in [2.75, 3.05) is 5.32 Å². The highest BCUT2D eigenvalue weighted by molar-refractivity contribution is 5.36. The van der Waals surface area contributed by atoms with Crippen molar-refractivity contribution in [3.05, 3.63) is 47.8 Å². The number of hydrogen-bond acceptors (Lipinski definition) is 2. The molecule has 1 aliphatic rings. The first kappa shape index (κ1) is 9.46. The molecule has 1 aliphatic heterocycles. The number of anilines is 1. The van der Waals surface area contributed by atoms with E-state index in [1.807, 2.05) is 6.92 Å². The van der Waals surface area contributed by atoms with Crippen molar-refractivity contribution in [2.24, 2.45) is 0 Å². The van der Waals surface area contributed by atoms with Crippen LogP contribution in [-0.4, -0.2) is 9.55 Å². The van der Waals surface area contributed by atoms with Crippen LogP contribution in [0.5, 0.6) is 0 Å². The molecule has 0 fully saturated rings. The number of imidazole rings is 1. The first-order valence-electron chi connectivity index (χ1n) is 5.68. The molecule has 0 aliphatic carbocycles. The summed E-state index contributed by atoms with van der Waals surface area (Å²) < 4.78 is 2.19.